The van der Waals surface area contributed by atoms with Crippen molar-refractivity contribution in [1.29, 1.82) is 0 Å². The summed E-state index contributed by atoms with van der Waals surface area (Å²) in [5.74, 6) is -0.208. The number of rotatable bonds is 7. The zero-order valence-electron chi connectivity index (χ0n) is 7.41. The highest BCUT2D eigenvalue weighted by molar-refractivity contribution is 5.68. The topological polar surface area (TPSA) is 55.8 Å². The van der Waals surface area contributed by atoms with Gasteiger partial charge in [-0.1, -0.05) is 0 Å². The number of hydrogen-bond donors (Lipinski definition) is 1. The minimum Gasteiger partial charge on any atom is -0.469 e. The molecular weight excluding hydrogens is 160 g/mol. The van der Waals surface area contributed by atoms with Gasteiger partial charge >= 0.3 is 5.97 Å². The van der Waals surface area contributed by atoms with Crippen LogP contribution in [0.2, 0.25) is 0 Å². The number of carbonyl (C=O) groups is 1. The van der Waals surface area contributed by atoms with Crippen LogP contribution in [-0.2, 0) is 14.3 Å². The third kappa shape index (κ3) is 7.50. The van der Waals surface area contributed by atoms with Crippen LogP contribution < -0.4 is 0 Å². The normalized spacial score (nSPS) is 9.83. The van der Waals surface area contributed by atoms with Crippen molar-refractivity contribution >= 4 is 5.97 Å². The van der Waals surface area contributed by atoms with Crippen molar-refractivity contribution in [2.45, 2.75) is 19.3 Å². The van der Waals surface area contributed by atoms with E-state index in [2.05, 4.69) is 4.74 Å². The number of ether oxygens (including phenoxy) is 2. The maximum Gasteiger partial charge on any atom is 0.305 e. The smallest absolute Gasteiger partial charge is 0.305 e. The van der Waals surface area contributed by atoms with Gasteiger partial charge in [-0.3, -0.25) is 4.79 Å². The molecule has 0 unspecified atom stereocenters. The van der Waals surface area contributed by atoms with E-state index in [-0.39, 0.29) is 12.6 Å². The molecule has 4 nitrogen and oxygen atoms in total. The summed E-state index contributed by atoms with van der Waals surface area (Å²) < 4.78 is 9.54. The summed E-state index contributed by atoms with van der Waals surface area (Å²) in [7, 11) is 1.37. The summed E-state index contributed by atoms with van der Waals surface area (Å²) in [5, 5.41) is 8.39. The van der Waals surface area contributed by atoms with Gasteiger partial charge < -0.3 is 14.6 Å². The molecule has 0 heterocycles. The zero-order valence-corrected chi connectivity index (χ0v) is 7.41. The molecule has 12 heavy (non-hydrogen) atoms. The van der Waals surface area contributed by atoms with Gasteiger partial charge in [-0.15, -0.1) is 0 Å². The number of carbonyl (C=O) groups excluding carboxylic acids is 1. The molecule has 0 bridgehead atoms. The van der Waals surface area contributed by atoms with Crippen LogP contribution in [0, 0.1) is 0 Å². The Morgan fingerprint density at radius 2 is 2.00 bits per heavy atom. The van der Waals surface area contributed by atoms with Gasteiger partial charge in [-0.05, 0) is 12.8 Å². The average Bonchev–Trinajstić information content (AvgIpc) is 2.10. The van der Waals surface area contributed by atoms with E-state index in [1.165, 1.54) is 7.11 Å². The van der Waals surface area contributed by atoms with Crippen molar-refractivity contribution < 1.29 is 19.4 Å². The van der Waals surface area contributed by atoms with Crippen molar-refractivity contribution in [3.05, 3.63) is 0 Å². The molecule has 0 aliphatic rings. The summed E-state index contributed by atoms with van der Waals surface area (Å²) in [6, 6.07) is 0. The first-order chi connectivity index (χ1) is 5.81. The van der Waals surface area contributed by atoms with E-state index in [0.717, 1.165) is 0 Å². The molecule has 0 fully saturated rings. The van der Waals surface area contributed by atoms with Crippen LogP contribution in [0.1, 0.15) is 19.3 Å². The molecule has 0 spiro atoms. The predicted octanol–water partition coefficient (Wildman–Crippen LogP) is 0.339. The molecule has 0 atom stereocenters. The van der Waals surface area contributed by atoms with Gasteiger partial charge in [0.05, 0.1) is 7.11 Å². The van der Waals surface area contributed by atoms with E-state index < -0.39 is 0 Å². The lowest BCUT2D eigenvalue weighted by Gasteiger charge is -2.01. The molecule has 0 aliphatic carbocycles. The van der Waals surface area contributed by atoms with Crippen molar-refractivity contribution in [1.82, 2.24) is 0 Å². The number of esters is 1. The molecule has 0 saturated carbocycles. The van der Waals surface area contributed by atoms with Crippen LogP contribution in [0.15, 0.2) is 0 Å². The summed E-state index contributed by atoms with van der Waals surface area (Å²) in [6.07, 6.45) is 1.73. The standard InChI is InChI=1S/C8H16O4/c1-11-8(10)4-2-6-12-7-3-5-9/h9H,2-7H2,1H3. The predicted molar refractivity (Wildman–Crippen MR) is 43.8 cm³/mol. The molecule has 0 aromatic carbocycles. The fraction of sp³-hybridized carbons (Fsp3) is 0.875. The third-order valence-corrected chi connectivity index (χ3v) is 1.34. The maximum atomic E-state index is 10.6. The first-order valence-corrected chi connectivity index (χ1v) is 4.06. The van der Waals surface area contributed by atoms with Crippen LogP contribution in [0.5, 0.6) is 0 Å². The summed E-state index contributed by atoms with van der Waals surface area (Å²) in [5.41, 5.74) is 0. The van der Waals surface area contributed by atoms with Gasteiger partial charge in [0, 0.05) is 26.2 Å². The lowest BCUT2D eigenvalue weighted by molar-refractivity contribution is -0.141. The van der Waals surface area contributed by atoms with Gasteiger partial charge in [0.1, 0.15) is 0 Å². The first-order valence-electron chi connectivity index (χ1n) is 4.06. The van der Waals surface area contributed by atoms with Crippen molar-refractivity contribution in [2.24, 2.45) is 0 Å². The first kappa shape index (κ1) is 11.4. The molecular formula is C8H16O4. The fourth-order valence-corrected chi connectivity index (χ4v) is 0.689. The average molecular weight is 176 g/mol. The van der Waals surface area contributed by atoms with Gasteiger partial charge in [0.15, 0.2) is 0 Å². The highest BCUT2D eigenvalue weighted by atomic mass is 16.5. The van der Waals surface area contributed by atoms with E-state index in [1.54, 1.807) is 0 Å². The molecule has 4 heteroatoms. The molecule has 0 aromatic heterocycles. The quantitative estimate of drug-likeness (QED) is 0.449. The molecule has 0 aromatic rings. The van der Waals surface area contributed by atoms with E-state index in [0.29, 0.717) is 32.5 Å². The van der Waals surface area contributed by atoms with Crippen molar-refractivity contribution in [3.8, 4) is 0 Å². The molecule has 0 rings (SSSR count). The van der Waals surface area contributed by atoms with Gasteiger partial charge in [-0.2, -0.15) is 0 Å². The van der Waals surface area contributed by atoms with Crippen LogP contribution in [0.3, 0.4) is 0 Å². The van der Waals surface area contributed by atoms with E-state index in [9.17, 15) is 4.79 Å². The maximum absolute atomic E-state index is 10.6. The second-order valence-electron chi connectivity index (χ2n) is 2.37. The molecule has 0 saturated heterocycles. The lowest BCUT2D eigenvalue weighted by atomic mass is 10.3. The Hall–Kier alpha value is -0.610. The Kier molecular flexibility index (Phi) is 8.05. The van der Waals surface area contributed by atoms with Crippen molar-refractivity contribution in [2.75, 3.05) is 26.9 Å². The Morgan fingerprint density at radius 1 is 1.33 bits per heavy atom. The van der Waals surface area contributed by atoms with Gasteiger partial charge in [0.2, 0.25) is 0 Å². The molecule has 0 aliphatic heterocycles. The summed E-state index contributed by atoms with van der Waals surface area (Å²) in [4.78, 5) is 10.6. The van der Waals surface area contributed by atoms with E-state index in [4.69, 9.17) is 9.84 Å². The third-order valence-electron chi connectivity index (χ3n) is 1.34. The number of aliphatic hydroxyl groups excluding tert-OH is 1. The van der Waals surface area contributed by atoms with Crippen molar-refractivity contribution in [3.63, 3.8) is 0 Å². The van der Waals surface area contributed by atoms with Crippen LogP contribution in [0.4, 0.5) is 0 Å². The van der Waals surface area contributed by atoms with E-state index >= 15 is 0 Å². The molecule has 0 radical (unpaired) electrons. The fourth-order valence-electron chi connectivity index (χ4n) is 0.689. The van der Waals surface area contributed by atoms with Gasteiger partial charge in [0.25, 0.3) is 0 Å². The monoisotopic (exact) mass is 176 g/mol. The lowest BCUT2D eigenvalue weighted by Crippen LogP contribution is -2.04. The van der Waals surface area contributed by atoms with E-state index in [1.807, 2.05) is 0 Å². The van der Waals surface area contributed by atoms with Crippen LogP contribution in [-0.4, -0.2) is 38.0 Å². The van der Waals surface area contributed by atoms with Crippen LogP contribution >= 0.6 is 0 Å². The molecule has 1 N–H and O–H groups in total. The molecule has 72 valence electrons. The number of hydrogen-bond acceptors (Lipinski definition) is 4. The minimum absolute atomic E-state index is 0.150. The second-order valence-corrected chi connectivity index (χ2v) is 2.37. The second kappa shape index (κ2) is 8.49. The Bertz CT molecular complexity index is 114. The highest BCUT2D eigenvalue weighted by Crippen LogP contribution is 1.92. The Balaban J connectivity index is 2.95. The summed E-state index contributed by atoms with van der Waals surface area (Å²) in [6.45, 7) is 1.25. The number of aliphatic hydroxyl groups is 1. The van der Waals surface area contributed by atoms with Gasteiger partial charge in [-0.25, -0.2) is 0 Å². The molecule has 0 amide bonds. The van der Waals surface area contributed by atoms with Crippen LogP contribution in [0.25, 0.3) is 0 Å². The largest absolute Gasteiger partial charge is 0.469 e. The zero-order chi connectivity index (χ0) is 9.23. The summed E-state index contributed by atoms with van der Waals surface area (Å²) >= 11 is 0. The number of methoxy groups -OCH3 is 1. The SMILES string of the molecule is COC(=O)CCCOCCCO. The highest BCUT2D eigenvalue weighted by Gasteiger charge is 1.98. The Morgan fingerprint density at radius 3 is 2.58 bits per heavy atom. The Labute approximate surface area is 72.5 Å². The minimum atomic E-state index is -0.208.